The number of rotatable bonds is 19. The van der Waals surface area contributed by atoms with Crippen LogP contribution < -0.4 is 10.6 Å². The van der Waals surface area contributed by atoms with Gasteiger partial charge in [0.05, 0.1) is 16.3 Å². The number of carboxylic acids is 1. The highest BCUT2D eigenvalue weighted by Crippen LogP contribution is 2.43. The molecule has 0 aliphatic carbocycles. The molecule has 0 bridgehead atoms. The molecule has 1 unspecified atom stereocenters. The molecule has 0 saturated heterocycles. The van der Waals surface area contributed by atoms with E-state index >= 15 is 4.79 Å². The van der Waals surface area contributed by atoms with Crippen LogP contribution in [0.5, 0.6) is 0 Å². The molecule has 3 atom stereocenters. The molecule has 3 N–H and O–H groups in total. The number of aliphatic carboxylic acids is 1. The average molecular weight is 705 g/mol. The SMILES string of the molecule is CC(C)C[C@H](NC(=O)[C@H](CC(C)C)NC(=S)C(CCCc1ccccc1)C(=O)CC(c1ccccc1)(c1ccccc1)c1ccccc1)C(=O)O. The zero-order chi connectivity index (χ0) is 36.8. The standard InChI is InChI=1S/C44H52N2O4S/c1-31(2)28-38(41(48)45-39(43(49)50)29-32(3)4)46-42(51)37(27-17-20-33-18-9-5-10-19-33)40(47)30-44(34-21-11-6-12-22-34,35-23-13-7-14-24-35)36-25-15-8-16-26-36/h5-16,18-19,21-26,31-32,37-39H,17,20,27-30H2,1-4H3,(H,45,48)(H,46,51)(H,49,50)/t37?,38-,39-/m0/s1. The molecule has 51 heavy (non-hydrogen) atoms. The first-order valence-corrected chi connectivity index (χ1v) is 18.5. The van der Waals surface area contributed by atoms with Crippen LogP contribution in [0, 0.1) is 17.8 Å². The van der Waals surface area contributed by atoms with Gasteiger partial charge in [0, 0.05) is 6.42 Å². The van der Waals surface area contributed by atoms with Gasteiger partial charge >= 0.3 is 5.97 Å². The van der Waals surface area contributed by atoms with E-state index in [1.54, 1.807) is 0 Å². The van der Waals surface area contributed by atoms with Gasteiger partial charge in [-0.05, 0) is 66.2 Å². The third-order valence-corrected chi connectivity index (χ3v) is 9.81. The molecular weight excluding hydrogens is 653 g/mol. The van der Waals surface area contributed by atoms with Crippen molar-refractivity contribution in [3.05, 3.63) is 144 Å². The number of carboxylic acid groups (broad SMARTS) is 1. The lowest BCUT2D eigenvalue weighted by atomic mass is 9.65. The Balaban J connectivity index is 1.72. The minimum atomic E-state index is -1.07. The van der Waals surface area contributed by atoms with E-state index in [1.165, 1.54) is 5.56 Å². The Hall–Kier alpha value is -4.62. The minimum absolute atomic E-state index is 0.0240. The first-order valence-electron chi connectivity index (χ1n) is 18.1. The van der Waals surface area contributed by atoms with E-state index in [2.05, 4.69) is 59.2 Å². The normalized spacial score (nSPS) is 13.3. The van der Waals surface area contributed by atoms with Gasteiger partial charge in [0.2, 0.25) is 5.91 Å². The van der Waals surface area contributed by atoms with Crippen LogP contribution in [0.1, 0.15) is 82.1 Å². The van der Waals surface area contributed by atoms with Gasteiger partial charge < -0.3 is 15.7 Å². The van der Waals surface area contributed by atoms with Crippen LogP contribution in [-0.4, -0.2) is 39.8 Å². The van der Waals surface area contributed by atoms with Gasteiger partial charge in [0.15, 0.2) is 0 Å². The predicted molar refractivity (Wildman–Crippen MR) is 210 cm³/mol. The van der Waals surface area contributed by atoms with E-state index in [4.69, 9.17) is 12.2 Å². The van der Waals surface area contributed by atoms with Crippen LogP contribution in [0.2, 0.25) is 0 Å². The van der Waals surface area contributed by atoms with E-state index < -0.39 is 35.3 Å². The van der Waals surface area contributed by atoms with Crippen LogP contribution >= 0.6 is 12.2 Å². The molecule has 0 fully saturated rings. The maximum absolute atomic E-state index is 15.0. The molecule has 6 nitrogen and oxygen atoms in total. The number of hydrogen-bond acceptors (Lipinski definition) is 4. The first kappa shape index (κ1) is 39.2. The molecule has 0 aliphatic rings. The molecule has 0 heterocycles. The summed E-state index contributed by atoms with van der Waals surface area (Å²) in [5.41, 5.74) is 3.38. The van der Waals surface area contributed by atoms with Crippen LogP contribution in [-0.2, 0) is 26.2 Å². The fourth-order valence-corrected chi connectivity index (χ4v) is 7.28. The number of thiocarbonyl (C=S) groups is 1. The van der Waals surface area contributed by atoms with Crippen LogP contribution in [0.3, 0.4) is 0 Å². The zero-order valence-corrected chi connectivity index (χ0v) is 31.1. The topological polar surface area (TPSA) is 95.5 Å². The molecule has 0 saturated carbocycles. The van der Waals surface area contributed by atoms with E-state index in [0.29, 0.717) is 30.7 Å². The summed E-state index contributed by atoms with van der Waals surface area (Å²) in [6.07, 6.45) is 2.87. The average Bonchev–Trinajstić information content (AvgIpc) is 3.12. The van der Waals surface area contributed by atoms with E-state index in [0.717, 1.165) is 23.1 Å². The van der Waals surface area contributed by atoms with Crippen molar-refractivity contribution in [2.75, 3.05) is 0 Å². The van der Waals surface area contributed by atoms with Crippen molar-refractivity contribution in [1.29, 1.82) is 0 Å². The second-order valence-corrected chi connectivity index (χ2v) is 14.7. The van der Waals surface area contributed by atoms with Gasteiger partial charge in [0.25, 0.3) is 0 Å². The molecule has 0 radical (unpaired) electrons. The van der Waals surface area contributed by atoms with Crippen molar-refractivity contribution in [1.82, 2.24) is 10.6 Å². The van der Waals surface area contributed by atoms with Crippen molar-refractivity contribution < 1.29 is 19.5 Å². The summed E-state index contributed by atoms with van der Waals surface area (Å²) >= 11 is 6.08. The molecule has 0 aliphatic heterocycles. The lowest BCUT2D eigenvalue weighted by Gasteiger charge is -2.37. The quantitative estimate of drug-likeness (QED) is 0.0669. The number of benzene rings is 4. The minimum Gasteiger partial charge on any atom is -0.480 e. The summed E-state index contributed by atoms with van der Waals surface area (Å²) in [4.78, 5) is 41.1. The van der Waals surface area contributed by atoms with E-state index in [1.807, 2.05) is 100 Å². The van der Waals surface area contributed by atoms with Crippen molar-refractivity contribution in [3.63, 3.8) is 0 Å². The molecule has 7 heteroatoms. The first-order chi connectivity index (χ1) is 24.5. The van der Waals surface area contributed by atoms with Crippen LogP contribution in [0.4, 0.5) is 0 Å². The van der Waals surface area contributed by atoms with E-state index in [9.17, 15) is 14.7 Å². The third-order valence-electron chi connectivity index (χ3n) is 9.41. The molecule has 4 rings (SSSR count). The van der Waals surface area contributed by atoms with Gasteiger partial charge in [0.1, 0.15) is 17.9 Å². The van der Waals surface area contributed by atoms with Crippen molar-refractivity contribution in [2.24, 2.45) is 17.8 Å². The molecule has 268 valence electrons. The Morgan fingerprint density at radius 2 is 1.08 bits per heavy atom. The molecule has 4 aromatic rings. The van der Waals surface area contributed by atoms with E-state index in [-0.39, 0.29) is 24.0 Å². The summed E-state index contributed by atoms with van der Waals surface area (Å²) in [7, 11) is 0. The highest BCUT2D eigenvalue weighted by Gasteiger charge is 2.41. The van der Waals surface area contributed by atoms with Crippen molar-refractivity contribution >= 4 is 34.9 Å². The third kappa shape index (κ3) is 10.9. The Bertz CT molecular complexity index is 1600. The second kappa shape index (κ2) is 19.1. The Morgan fingerprint density at radius 1 is 0.647 bits per heavy atom. The fraction of sp³-hybridized carbons (Fsp3) is 0.364. The molecule has 0 spiro atoms. The van der Waals surface area contributed by atoms with Crippen LogP contribution in [0.25, 0.3) is 0 Å². The number of carbonyl (C=O) groups is 3. The molecule has 1 amide bonds. The fourth-order valence-electron chi connectivity index (χ4n) is 6.89. The summed E-state index contributed by atoms with van der Waals surface area (Å²) in [5, 5.41) is 15.9. The number of ketones is 1. The van der Waals surface area contributed by atoms with Gasteiger partial charge in [-0.1, -0.05) is 161 Å². The van der Waals surface area contributed by atoms with Crippen LogP contribution in [0.15, 0.2) is 121 Å². The van der Waals surface area contributed by atoms with Crippen molar-refractivity contribution in [2.45, 2.75) is 83.7 Å². The zero-order valence-electron chi connectivity index (χ0n) is 30.3. The summed E-state index contributed by atoms with van der Waals surface area (Å²) < 4.78 is 0. The largest absolute Gasteiger partial charge is 0.480 e. The van der Waals surface area contributed by atoms with Gasteiger partial charge in [-0.3, -0.25) is 9.59 Å². The number of nitrogens with one attached hydrogen (secondary N) is 2. The van der Waals surface area contributed by atoms with Gasteiger partial charge in [-0.2, -0.15) is 0 Å². The monoisotopic (exact) mass is 704 g/mol. The van der Waals surface area contributed by atoms with Gasteiger partial charge in [-0.15, -0.1) is 0 Å². The number of Topliss-reactive ketones (excluding diaryl/α,β-unsaturated/α-hetero) is 1. The number of aryl methyl sites for hydroxylation is 1. The Kier molecular flexibility index (Phi) is 14.7. The van der Waals surface area contributed by atoms with Crippen molar-refractivity contribution in [3.8, 4) is 0 Å². The molecular formula is C44H52N2O4S. The number of carbonyl (C=O) groups excluding carboxylic acids is 2. The van der Waals surface area contributed by atoms with Gasteiger partial charge in [-0.25, -0.2) is 4.79 Å². The Labute approximate surface area is 309 Å². The molecule has 4 aromatic carbocycles. The smallest absolute Gasteiger partial charge is 0.326 e. The highest BCUT2D eigenvalue weighted by molar-refractivity contribution is 7.80. The lowest BCUT2D eigenvalue weighted by Crippen LogP contribution is -2.53. The number of hydrogen-bond donors (Lipinski definition) is 3. The molecule has 0 aromatic heterocycles. The number of amides is 1. The lowest BCUT2D eigenvalue weighted by molar-refractivity contribution is -0.142. The maximum atomic E-state index is 15.0. The highest BCUT2D eigenvalue weighted by atomic mass is 32.1. The summed E-state index contributed by atoms with van der Waals surface area (Å²) in [5.74, 6) is -2.01. The summed E-state index contributed by atoms with van der Waals surface area (Å²) in [6.45, 7) is 7.86. The Morgan fingerprint density at radius 3 is 1.51 bits per heavy atom. The predicted octanol–water partition coefficient (Wildman–Crippen LogP) is 8.57. The second-order valence-electron chi connectivity index (χ2n) is 14.3. The maximum Gasteiger partial charge on any atom is 0.326 e. The summed E-state index contributed by atoms with van der Waals surface area (Å²) in [6, 6.07) is 38.8.